The van der Waals surface area contributed by atoms with Crippen LogP contribution in [0.3, 0.4) is 0 Å². The van der Waals surface area contributed by atoms with Crippen molar-refractivity contribution in [1.82, 2.24) is 20.0 Å². The van der Waals surface area contributed by atoms with Crippen molar-refractivity contribution in [3.8, 4) is 0 Å². The van der Waals surface area contributed by atoms with E-state index in [2.05, 4.69) is 20.3 Å². The van der Waals surface area contributed by atoms with Gasteiger partial charge in [0.15, 0.2) is 5.96 Å². The molecule has 1 saturated heterocycles. The van der Waals surface area contributed by atoms with Crippen molar-refractivity contribution in [2.45, 2.75) is 12.5 Å². The summed E-state index contributed by atoms with van der Waals surface area (Å²) in [5.41, 5.74) is 1.10. The summed E-state index contributed by atoms with van der Waals surface area (Å²) in [4.78, 5) is 6.62. The average molecular weight is 467 g/mol. The summed E-state index contributed by atoms with van der Waals surface area (Å²) >= 11 is 0. The number of aromatic nitrogens is 2. The Morgan fingerprint density at radius 2 is 2.28 bits per heavy atom. The van der Waals surface area contributed by atoms with Gasteiger partial charge in [-0.3, -0.25) is 9.67 Å². The summed E-state index contributed by atoms with van der Waals surface area (Å²) in [5.74, 6) is 0.907. The van der Waals surface area contributed by atoms with Gasteiger partial charge in [0, 0.05) is 52.7 Å². The molecule has 0 radical (unpaired) electrons. The van der Waals surface area contributed by atoms with Crippen LogP contribution in [-0.2, 0) is 21.3 Å². The molecule has 144 valence electrons. The van der Waals surface area contributed by atoms with Crippen molar-refractivity contribution in [3.63, 3.8) is 0 Å². The number of guanidine groups is 1. The van der Waals surface area contributed by atoms with Crippen molar-refractivity contribution in [2.24, 2.45) is 12.0 Å². The van der Waals surface area contributed by atoms with Gasteiger partial charge < -0.3 is 24.4 Å². The Morgan fingerprint density at radius 1 is 1.44 bits per heavy atom. The number of nitrogens with zero attached hydrogens (tertiary/aromatic N) is 4. The first-order valence-corrected chi connectivity index (χ1v) is 8.37. The molecular weight excluding hydrogens is 437 g/mol. The quantitative estimate of drug-likeness (QED) is 0.267. The summed E-state index contributed by atoms with van der Waals surface area (Å²) in [5, 5.41) is 7.62. The van der Waals surface area contributed by atoms with Crippen molar-refractivity contribution in [3.05, 3.63) is 18.0 Å². The van der Waals surface area contributed by atoms with E-state index in [4.69, 9.17) is 14.2 Å². The minimum Gasteiger partial charge on any atom is -0.382 e. The van der Waals surface area contributed by atoms with E-state index in [1.54, 1.807) is 11.8 Å². The van der Waals surface area contributed by atoms with Gasteiger partial charge in [-0.15, -0.1) is 24.0 Å². The number of morpholine rings is 1. The van der Waals surface area contributed by atoms with Crippen LogP contribution in [0, 0.1) is 0 Å². The highest BCUT2D eigenvalue weighted by Gasteiger charge is 2.24. The highest BCUT2D eigenvalue weighted by Crippen LogP contribution is 2.21. The Bertz CT molecular complexity index is 512. The zero-order valence-electron chi connectivity index (χ0n) is 15.3. The molecule has 0 aromatic carbocycles. The second kappa shape index (κ2) is 12.4. The summed E-state index contributed by atoms with van der Waals surface area (Å²) in [6.45, 7) is 5.11. The van der Waals surface area contributed by atoms with Crippen LogP contribution in [0.25, 0.3) is 0 Å². The molecule has 1 aliphatic heterocycles. The maximum atomic E-state index is 5.87. The number of methoxy groups -OCH3 is 1. The number of halogens is 1. The predicted molar refractivity (Wildman–Crippen MR) is 108 cm³/mol. The van der Waals surface area contributed by atoms with Gasteiger partial charge in [-0.05, 0) is 6.42 Å². The highest BCUT2D eigenvalue weighted by molar-refractivity contribution is 14.0. The second-order valence-corrected chi connectivity index (χ2v) is 5.69. The van der Waals surface area contributed by atoms with Crippen LogP contribution in [-0.4, -0.2) is 80.9 Å². The largest absolute Gasteiger partial charge is 0.382 e. The van der Waals surface area contributed by atoms with Gasteiger partial charge in [-0.1, -0.05) is 0 Å². The minimum atomic E-state index is 0. The van der Waals surface area contributed by atoms with E-state index in [1.807, 2.05) is 26.5 Å². The SMILES string of the molecule is CN=C(NCCCOCCOC)N1CCOC(c2cnn(C)c2)C1.I. The molecular formula is C16H30IN5O3. The summed E-state index contributed by atoms with van der Waals surface area (Å²) < 4.78 is 18.1. The Hall–Kier alpha value is -0.910. The van der Waals surface area contributed by atoms with Crippen LogP contribution >= 0.6 is 24.0 Å². The average Bonchev–Trinajstić information content (AvgIpc) is 3.04. The molecule has 1 aliphatic rings. The number of hydrogen-bond acceptors (Lipinski definition) is 5. The second-order valence-electron chi connectivity index (χ2n) is 5.69. The Labute approximate surface area is 166 Å². The molecule has 0 amide bonds. The lowest BCUT2D eigenvalue weighted by molar-refractivity contribution is -0.00806. The standard InChI is InChI=1S/C16H29N5O3.HI/c1-17-16(18-5-4-7-23-10-9-22-3)21-6-8-24-15(13-21)14-11-19-20(2)12-14;/h11-12,15H,4-10,13H2,1-3H3,(H,17,18);1H. The van der Waals surface area contributed by atoms with E-state index in [0.717, 1.165) is 44.2 Å². The predicted octanol–water partition coefficient (Wildman–Crippen LogP) is 1.04. The van der Waals surface area contributed by atoms with Crippen LogP contribution in [0.4, 0.5) is 0 Å². The van der Waals surface area contributed by atoms with E-state index in [0.29, 0.717) is 19.8 Å². The third kappa shape index (κ3) is 7.47. The third-order valence-electron chi connectivity index (χ3n) is 3.85. The van der Waals surface area contributed by atoms with Crippen molar-refractivity contribution in [1.29, 1.82) is 0 Å². The molecule has 0 bridgehead atoms. The number of nitrogens with one attached hydrogen (secondary N) is 1. The number of aryl methyl sites for hydroxylation is 1. The van der Waals surface area contributed by atoms with E-state index in [9.17, 15) is 0 Å². The van der Waals surface area contributed by atoms with Crippen molar-refractivity contribution in [2.75, 3.05) is 60.2 Å². The van der Waals surface area contributed by atoms with E-state index < -0.39 is 0 Å². The van der Waals surface area contributed by atoms with E-state index >= 15 is 0 Å². The van der Waals surface area contributed by atoms with Crippen LogP contribution in [0.2, 0.25) is 0 Å². The molecule has 2 rings (SSSR count). The highest BCUT2D eigenvalue weighted by atomic mass is 127. The molecule has 0 spiro atoms. The molecule has 1 fully saturated rings. The molecule has 0 saturated carbocycles. The number of hydrogen-bond donors (Lipinski definition) is 1. The van der Waals surface area contributed by atoms with E-state index in [1.165, 1.54) is 0 Å². The lowest BCUT2D eigenvalue weighted by Crippen LogP contribution is -2.48. The maximum Gasteiger partial charge on any atom is 0.193 e. The maximum absolute atomic E-state index is 5.87. The molecule has 8 nitrogen and oxygen atoms in total. The number of aliphatic imine (C=N–C) groups is 1. The first-order chi connectivity index (χ1) is 11.7. The van der Waals surface area contributed by atoms with Gasteiger partial charge in [0.05, 0.1) is 32.6 Å². The van der Waals surface area contributed by atoms with Gasteiger partial charge in [0.2, 0.25) is 0 Å². The Balaban J connectivity index is 0.00000312. The molecule has 9 heteroatoms. The monoisotopic (exact) mass is 467 g/mol. The lowest BCUT2D eigenvalue weighted by atomic mass is 10.1. The van der Waals surface area contributed by atoms with Crippen molar-refractivity contribution < 1.29 is 14.2 Å². The third-order valence-corrected chi connectivity index (χ3v) is 3.85. The summed E-state index contributed by atoms with van der Waals surface area (Å²) in [6, 6.07) is 0. The Kier molecular flexibility index (Phi) is 11.0. The molecule has 2 heterocycles. The van der Waals surface area contributed by atoms with Crippen LogP contribution < -0.4 is 5.32 Å². The minimum absolute atomic E-state index is 0. The van der Waals surface area contributed by atoms with Crippen molar-refractivity contribution >= 4 is 29.9 Å². The summed E-state index contributed by atoms with van der Waals surface area (Å²) in [6.07, 6.45) is 4.83. The zero-order chi connectivity index (χ0) is 17.2. The van der Waals surface area contributed by atoms with Crippen LogP contribution in [0.15, 0.2) is 17.4 Å². The smallest absolute Gasteiger partial charge is 0.193 e. The van der Waals surface area contributed by atoms with Gasteiger partial charge in [-0.25, -0.2) is 0 Å². The molecule has 1 aromatic rings. The lowest BCUT2D eigenvalue weighted by Gasteiger charge is -2.34. The number of ether oxygens (including phenoxy) is 3. The molecule has 1 atom stereocenters. The topological polar surface area (TPSA) is 73.1 Å². The molecule has 1 aromatic heterocycles. The Morgan fingerprint density at radius 3 is 2.96 bits per heavy atom. The zero-order valence-corrected chi connectivity index (χ0v) is 17.6. The van der Waals surface area contributed by atoms with Gasteiger partial charge >= 0.3 is 0 Å². The summed E-state index contributed by atoms with van der Waals surface area (Å²) in [7, 11) is 5.40. The van der Waals surface area contributed by atoms with Gasteiger partial charge in [0.25, 0.3) is 0 Å². The first kappa shape index (κ1) is 22.1. The molecule has 1 unspecified atom stereocenters. The van der Waals surface area contributed by atoms with Gasteiger partial charge in [0.1, 0.15) is 6.10 Å². The fraction of sp³-hybridized carbons (Fsp3) is 0.750. The molecule has 1 N–H and O–H groups in total. The molecule has 0 aliphatic carbocycles. The van der Waals surface area contributed by atoms with E-state index in [-0.39, 0.29) is 30.1 Å². The number of rotatable bonds is 8. The van der Waals surface area contributed by atoms with Crippen LogP contribution in [0.1, 0.15) is 18.1 Å². The first-order valence-electron chi connectivity index (χ1n) is 8.37. The fourth-order valence-corrected chi connectivity index (χ4v) is 2.60. The van der Waals surface area contributed by atoms with Crippen LogP contribution in [0.5, 0.6) is 0 Å². The fourth-order valence-electron chi connectivity index (χ4n) is 2.60. The molecule has 25 heavy (non-hydrogen) atoms. The normalized spacial score (nSPS) is 18.1. The van der Waals surface area contributed by atoms with Gasteiger partial charge in [-0.2, -0.15) is 5.10 Å².